The van der Waals surface area contributed by atoms with Crippen LogP contribution in [-0.4, -0.2) is 11.0 Å². The minimum Gasteiger partial charge on any atom is -0.389 e. The predicted molar refractivity (Wildman–Crippen MR) is 86.6 cm³/mol. The van der Waals surface area contributed by atoms with E-state index in [0.717, 1.165) is 11.5 Å². The minimum atomic E-state index is 0.464. The van der Waals surface area contributed by atoms with Crippen LogP contribution in [0.25, 0.3) is 0 Å². The maximum absolute atomic E-state index is 5.62. The molecule has 0 heterocycles. The summed E-state index contributed by atoms with van der Waals surface area (Å²) in [4.78, 5) is 0.464. The average Bonchev–Trinajstić information content (AvgIpc) is 2.46. The van der Waals surface area contributed by atoms with E-state index in [0.29, 0.717) is 11.0 Å². The van der Waals surface area contributed by atoms with Gasteiger partial charge in [-0.2, -0.15) is 0 Å². The van der Waals surface area contributed by atoms with Gasteiger partial charge < -0.3 is 11.1 Å². The molecule has 0 saturated heterocycles. The first-order valence-corrected chi connectivity index (χ1v) is 7.78. The van der Waals surface area contributed by atoms with Crippen LogP contribution < -0.4 is 11.1 Å². The molecular weight excluding hydrogens is 252 g/mol. The van der Waals surface area contributed by atoms with Crippen LogP contribution in [0, 0.1) is 5.92 Å². The topological polar surface area (TPSA) is 38.0 Å². The molecular formula is C16H24N2S. The van der Waals surface area contributed by atoms with Crippen molar-refractivity contribution >= 4 is 22.9 Å². The zero-order valence-corrected chi connectivity index (χ0v) is 12.5. The second-order valence-electron chi connectivity index (χ2n) is 5.50. The molecule has 1 fully saturated rings. The molecule has 0 aliphatic heterocycles. The second-order valence-corrected chi connectivity index (χ2v) is 5.94. The molecule has 3 N–H and O–H groups in total. The number of rotatable bonds is 5. The molecule has 0 bridgehead atoms. The van der Waals surface area contributed by atoms with Crippen molar-refractivity contribution in [1.82, 2.24) is 0 Å². The van der Waals surface area contributed by atoms with Crippen molar-refractivity contribution in [3.63, 3.8) is 0 Å². The molecule has 1 aromatic rings. The summed E-state index contributed by atoms with van der Waals surface area (Å²) >= 11 is 4.98. The van der Waals surface area contributed by atoms with E-state index >= 15 is 0 Å². The first-order chi connectivity index (χ1) is 9.20. The van der Waals surface area contributed by atoms with E-state index in [1.807, 2.05) is 12.1 Å². The normalized spacial score (nSPS) is 17.9. The van der Waals surface area contributed by atoms with Crippen LogP contribution in [-0.2, 0) is 0 Å². The maximum atomic E-state index is 5.62. The highest BCUT2D eigenvalue weighted by Gasteiger charge is 2.21. The Morgan fingerprint density at radius 2 is 1.89 bits per heavy atom. The Morgan fingerprint density at radius 1 is 1.26 bits per heavy atom. The van der Waals surface area contributed by atoms with Crippen molar-refractivity contribution in [1.29, 1.82) is 0 Å². The van der Waals surface area contributed by atoms with E-state index in [2.05, 4.69) is 24.4 Å². The first-order valence-electron chi connectivity index (χ1n) is 7.37. The lowest BCUT2D eigenvalue weighted by Gasteiger charge is -2.31. The molecule has 104 valence electrons. The maximum Gasteiger partial charge on any atom is 0.103 e. The molecule has 0 spiro atoms. The highest BCUT2D eigenvalue weighted by molar-refractivity contribution is 7.80. The van der Waals surface area contributed by atoms with Crippen LogP contribution in [0.15, 0.2) is 24.3 Å². The molecule has 1 atom stereocenters. The Bertz CT molecular complexity index is 407. The van der Waals surface area contributed by atoms with Crippen LogP contribution in [0.1, 0.15) is 51.0 Å². The van der Waals surface area contributed by atoms with Crippen molar-refractivity contribution in [3.05, 3.63) is 29.8 Å². The molecule has 3 heteroatoms. The Labute approximate surface area is 121 Å². The van der Waals surface area contributed by atoms with Gasteiger partial charge in [-0.25, -0.2) is 0 Å². The van der Waals surface area contributed by atoms with Crippen LogP contribution in [0.4, 0.5) is 5.69 Å². The quantitative estimate of drug-likeness (QED) is 0.795. The van der Waals surface area contributed by atoms with Gasteiger partial charge in [0.05, 0.1) is 0 Å². The van der Waals surface area contributed by atoms with E-state index < -0.39 is 0 Å². The summed E-state index contributed by atoms with van der Waals surface area (Å²) in [6.07, 6.45) is 8.12. The largest absolute Gasteiger partial charge is 0.389 e. The molecule has 0 radical (unpaired) electrons. The van der Waals surface area contributed by atoms with Gasteiger partial charge in [0.2, 0.25) is 0 Å². The Hall–Kier alpha value is -1.09. The number of hydrogen-bond donors (Lipinski definition) is 2. The zero-order chi connectivity index (χ0) is 13.7. The minimum absolute atomic E-state index is 0.464. The number of anilines is 1. The van der Waals surface area contributed by atoms with E-state index in [-0.39, 0.29) is 0 Å². The SMILES string of the molecule is CCC(Nc1ccc(C(N)=S)cc1)C1CCCCC1. The third-order valence-electron chi connectivity index (χ3n) is 4.18. The van der Waals surface area contributed by atoms with Gasteiger partial charge in [0, 0.05) is 17.3 Å². The van der Waals surface area contributed by atoms with Gasteiger partial charge in [0.1, 0.15) is 4.99 Å². The van der Waals surface area contributed by atoms with Gasteiger partial charge >= 0.3 is 0 Å². The van der Waals surface area contributed by atoms with Crippen molar-refractivity contribution in [3.8, 4) is 0 Å². The molecule has 1 saturated carbocycles. The van der Waals surface area contributed by atoms with E-state index in [1.54, 1.807) is 0 Å². The number of hydrogen-bond acceptors (Lipinski definition) is 2. The van der Waals surface area contributed by atoms with Crippen LogP contribution >= 0.6 is 12.2 Å². The van der Waals surface area contributed by atoms with Gasteiger partial charge in [-0.05, 0) is 49.4 Å². The molecule has 19 heavy (non-hydrogen) atoms. The van der Waals surface area contributed by atoms with Gasteiger partial charge in [0.25, 0.3) is 0 Å². The van der Waals surface area contributed by atoms with E-state index in [1.165, 1.54) is 44.2 Å². The Morgan fingerprint density at radius 3 is 2.42 bits per heavy atom. The van der Waals surface area contributed by atoms with E-state index in [9.17, 15) is 0 Å². The fraction of sp³-hybridized carbons (Fsp3) is 0.562. The zero-order valence-electron chi connectivity index (χ0n) is 11.7. The van der Waals surface area contributed by atoms with Gasteiger partial charge in [-0.1, -0.05) is 38.4 Å². The number of thiocarbonyl (C=S) groups is 1. The highest BCUT2D eigenvalue weighted by Crippen LogP contribution is 2.29. The summed E-state index contributed by atoms with van der Waals surface area (Å²) in [5.74, 6) is 0.828. The monoisotopic (exact) mass is 276 g/mol. The van der Waals surface area contributed by atoms with Gasteiger partial charge in [-0.15, -0.1) is 0 Å². The smallest absolute Gasteiger partial charge is 0.103 e. The lowest BCUT2D eigenvalue weighted by atomic mass is 9.83. The van der Waals surface area contributed by atoms with Crippen molar-refractivity contribution < 1.29 is 0 Å². The Balaban J connectivity index is 1.99. The third kappa shape index (κ3) is 3.93. The van der Waals surface area contributed by atoms with Gasteiger partial charge in [-0.3, -0.25) is 0 Å². The first kappa shape index (κ1) is 14.3. The summed E-state index contributed by atoms with van der Waals surface area (Å²) in [7, 11) is 0. The van der Waals surface area contributed by atoms with Gasteiger partial charge in [0.15, 0.2) is 0 Å². The summed E-state index contributed by atoms with van der Waals surface area (Å²) in [5, 5.41) is 3.68. The van der Waals surface area contributed by atoms with Crippen molar-refractivity contribution in [2.75, 3.05) is 5.32 Å². The molecule has 1 unspecified atom stereocenters. The lowest BCUT2D eigenvalue weighted by molar-refractivity contribution is 0.313. The molecule has 1 aliphatic carbocycles. The summed E-state index contributed by atoms with van der Waals surface area (Å²) in [6.45, 7) is 2.27. The fourth-order valence-corrected chi connectivity index (χ4v) is 3.17. The highest BCUT2D eigenvalue weighted by atomic mass is 32.1. The van der Waals surface area contributed by atoms with Crippen LogP contribution in [0.2, 0.25) is 0 Å². The molecule has 0 aromatic heterocycles. The third-order valence-corrected chi connectivity index (χ3v) is 4.42. The summed E-state index contributed by atoms with van der Waals surface area (Å²) in [5.41, 5.74) is 7.73. The predicted octanol–water partition coefficient (Wildman–Crippen LogP) is 4.09. The number of benzene rings is 1. The molecule has 1 aliphatic rings. The Kier molecular flexibility index (Phi) is 5.20. The van der Waals surface area contributed by atoms with Crippen LogP contribution in [0.5, 0.6) is 0 Å². The molecule has 2 nitrogen and oxygen atoms in total. The molecule has 0 amide bonds. The summed E-state index contributed by atoms with van der Waals surface area (Å²) < 4.78 is 0. The number of nitrogens with one attached hydrogen (secondary N) is 1. The lowest BCUT2D eigenvalue weighted by Crippen LogP contribution is -2.30. The number of nitrogens with two attached hydrogens (primary N) is 1. The van der Waals surface area contributed by atoms with Crippen molar-refractivity contribution in [2.45, 2.75) is 51.5 Å². The summed E-state index contributed by atoms with van der Waals surface area (Å²) in [6, 6.07) is 8.76. The van der Waals surface area contributed by atoms with Crippen LogP contribution in [0.3, 0.4) is 0 Å². The molecule has 1 aromatic carbocycles. The van der Waals surface area contributed by atoms with Crippen molar-refractivity contribution in [2.24, 2.45) is 11.7 Å². The fourth-order valence-electron chi connectivity index (χ4n) is 3.03. The standard InChI is InChI=1S/C16H24N2S/c1-2-15(12-6-4-3-5-7-12)18-14-10-8-13(9-11-14)16(17)19/h8-12,15,18H,2-7H2,1H3,(H2,17,19). The average molecular weight is 276 g/mol. The second kappa shape index (κ2) is 6.90. The molecule has 2 rings (SSSR count). The van der Waals surface area contributed by atoms with E-state index in [4.69, 9.17) is 18.0 Å².